The standard InChI is InChI=1S/C11H13NO3/c1-14-9-6-5-8(11(13)15-2)12-10(9)7-3-4-7/h5-7H,3-4H2,1-2H3. The van der Waals surface area contributed by atoms with E-state index in [0.29, 0.717) is 11.6 Å². The Bertz CT molecular complexity index is 385. The first kappa shape index (κ1) is 9.96. The van der Waals surface area contributed by atoms with E-state index in [1.807, 2.05) is 0 Å². The van der Waals surface area contributed by atoms with Crippen LogP contribution in [-0.4, -0.2) is 25.2 Å². The number of carbonyl (C=O) groups excluding carboxylic acids is 1. The van der Waals surface area contributed by atoms with Crippen molar-refractivity contribution < 1.29 is 14.3 Å². The summed E-state index contributed by atoms with van der Waals surface area (Å²) >= 11 is 0. The van der Waals surface area contributed by atoms with E-state index >= 15 is 0 Å². The summed E-state index contributed by atoms with van der Waals surface area (Å²) < 4.78 is 9.82. The number of pyridine rings is 1. The lowest BCUT2D eigenvalue weighted by atomic mass is 10.2. The second-order valence-electron chi connectivity index (χ2n) is 3.55. The Morgan fingerprint density at radius 2 is 2.13 bits per heavy atom. The van der Waals surface area contributed by atoms with Crippen LogP contribution in [0.25, 0.3) is 0 Å². The van der Waals surface area contributed by atoms with Gasteiger partial charge in [0.2, 0.25) is 0 Å². The van der Waals surface area contributed by atoms with Crippen LogP contribution in [0.2, 0.25) is 0 Å². The summed E-state index contributed by atoms with van der Waals surface area (Å²) in [6, 6.07) is 3.39. The van der Waals surface area contributed by atoms with Crippen LogP contribution in [0.15, 0.2) is 12.1 Å². The maximum atomic E-state index is 11.3. The average molecular weight is 207 g/mol. The van der Waals surface area contributed by atoms with E-state index in [4.69, 9.17) is 4.74 Å². The molecular weight excluding hydrogens is 194 g/mol. The molecule has 1 aliphatic rings. The van der Waals surface area contributed by atoms with Crippen LogP contribution in [0.4, 0.5) is 0 Å². The first-order valence-corrected chi connectivity index (χ1v) is 4.89. The highest BCUT2D eigenvalue weighted by Gasteiger charge is 2.29. The van der Waals surface area contributed by atoms with Gasteiger partial charge in [0.05, 0.1) is 19.9 Å². The molecule has 0 amide bonds. The van der Waals surface area contributed by atoms with Gasteiger partial charge in [0.15, 0.2) is 0 Å². The van der Waals surface area contributed by atoms with Gasteiger partial charge in [0.25, 0.3) is 0 Å². The molecule has 0 atom stereocenters. The Morgan fingerprint density at radius 3 is 2.67 bits per heavy atom. The molecule has 0 aromatic carbocycles. The third kappa shape index (κ3) is 1.93. The lowest BCUT2D eigenvalue weighted by molar-refractivity contribution is 0.0593. The van der Waals surface area contributed by atoms with Crippen molar-refractivity contribution in [2.24, 2.45) is 0 Å². The molecule has 80 valence electrons. The minimum absolute atomic E-state index is 0.347. The highest BCUT2D eigenvalue weighted by Crippen LogP contribution is 2.43. The van der Waals surface area contributed by atoms with Crippen molar-refractivity contribution in [2.75, 3.05) is 14.2 Å². The number of nitrogens with zero attached hydrogens (tertiary/aromatic N) is 1. The molecule has 1 saturated carbocycles. The summed E-state index contributed by atoms with van der Waals surface area (Å²) in [7, 11) is 2.96. The first-order chi connectivity index (χ1) is 7.26. The van der Waals surface area contributed by atoms with Crippen LogP contribution in [-0.2, 0) is 4.74 Å². The van der Waals surface area contributed by atoms with Crippen molar-refractivity contribution in [2.45, 2.75) is 18.8 Å². The molecule has 0 spiro atoms. The molecule has 1 aromatic heterocycles. The van der Waals surface area contributed by atoms with Gasteiger partial charge in [-0.25, -0.2) is 9.78 Å². The molecule has 4 heteroatoms. The fraction of sp³-hybridized carbons (Fsp3) is 0.455. The zero-order valence-electron chi connectivity index (χ0n) is 8.82. The zero-order chi connectivity index (χ0) is 10.8. The number of hydrogen-bond donors (Lipinski definition) is 0. The maximum Gasteiger partial charge on any atom is 0.356 e. The molecule has 0 N–H and O–H groups in total. The SMILES string of the molecule is COC(=O)c1ccc(OC)c(C2CC2)n1. The third-order valence-electron chi connectivity index (χ3n) is 2.46. The Kier molecular flexibility index (Phi) is 2.58. The van der Waals surface area contributed by atoms with Gasteiger partial charge >= 0.3 is 5.97 Å². The van der Waals surface area contributed by atoms with E-state index in [2.05, 4.69) is 9.72 Å². The van der Waals surface area contributed by atoms with E-state index in [-0.39, 0.29) is 0 Å². The van der Waals surface area contributed by atoms with Gasteiger partial charge < -0.3 is 9.47 Å². The van der Waals surface area contributed by atoms with Gasteiger partial charge in [-0.05, 0) is 25.0 Å². The number of methoxy groups -OCH3 is 2. The van der Waals surface area contributed by atoms with Crippen LogP contribution >= 0.6 is 0 Å². The van der Waals surface area contributed by atoms with Crippen LogP contribution in [0.3, 0.4) is 0 Å². The van der Waals surface area contributed by atoms with Crippen molar-refractivity contribution in [3.63, 3.8) is 0 Å². The molecule has 1 aliphatic carbocycles. The lowest BCUT2D eigenvalue weighted by Crippen LogP contribution is -2.06. The van der Waals surface area contributed by atoms with Gasteiger partial charge in [-0.15, -0.1) is 0 Å². The molecule has 1 aromatic rings. The molecule has 1 fully saturated rings. The Hall–Kier alpha value is -1.58. The zero-order valence-corrected chi connectivity index (χ0v) is 8.82. The highest BCUT2D eigenvalue weighted by atomic mass is 16.5. The van der Waals surface area contributed by atoms with Crippen LogP contribution < -0.4 is 4.74 Å². The van der Waals surface area contributed by atoms with E-state index in [1.165, 1.54) is 7.11 Å². The van der Waals surface area contributed by atoms with Crippen molar-refractivity contribution >= 4 is 5.97 Å². The minimum Gasteiger partial charge on any atom is -0.495 e. The smallest absolute Gasteiger partial charge is 0.356 e. The fourth-order valence-corrected chi connectivity index (χ4v) is 1.50. The molecule has 0 saturated heterocycles. The summed E-state index contributed by atoms with van der Waals surface area (Å²) in [5, 5.41) is 0. The quantitative estimate of drug-likeness (QED) is 0.708. The molecule has 15 heavy (non-hydrogen) atoms. The van der Waals surface area contributed by atoms with E-state index in [9.17, 15) is 4.79 Å². The molecular formula is C11H13NO3. The topological polar surface area (TPSA) is 48.4 Å². The number of rotatable bonds is 3. The van der Waals surface area contributed by atoms with Crippen LogP contribution in [0.5, 0.6) is 5.75 Å². The van der Waals surface area contributed by atoms with Gasteiger partial charge in [0, 0.05) is 5.92 Å². The average Bonchev–Trinajstić information content (AvgIpc) is 3.11. The maximum absolute atomic E-state index is 11.3. The number of carbonyl (C=O) groups is 1. The van der Waals surface area contributed by atoms with E-state index in [0.717, 1.165) is 24.3 Å². The highest BCUT2D eigenvalue weighted by molar-refractivity contribution is 5.87. The summed E-state index contributed by atoms with van der Waals surface area (Å²) in [6.45, 7) is 0. The lowest BCUT2D eigenvalue weighted by Gasteiger charge is -2.07. The summed E-state index contributed by atoms with van der Waals surface area (Å²) in [5.41, 5.74) is 1.22. The Morgan fingerprint density at radius 1 is 1.40 bits per heavy atom. The Labute approximate surface area is 88.2 Å². The minimum atomic E-state index is -0.403. The van der Waals surface area contributed by atoms with Crippen LogP contribution in [0, 0.1) is 0 Å². The summed E-state index contributed by atoms with van der Waals surface area (Å²) in [6.07, 6.45) is 2.24. The number of ether oxygens (including phenoxy) is 2. The second kappa shape index (κ2) is 3.88. The number of aromatic nitrogens is 1. The van der Waals surface area contributed by atoms with Crippen molar-refractivity contribution in [1.29, 1.82) is 0 Å². The fourth-order valence-electron chi connectivity index (χ4n) is 1.50. The van der Waals surface area contributed by atoms with Crippen molar-refractivity contribution in [3.05, 3.63) is 23.5 Å². The number of hydrogen-bond acceptors (Lipinski definition) is 4. The largest absolute Gasteiger partial charge is 0.495 e. The van der Waals surface area contributed by atoms with Gasteiger partial charge in [-0.3, -0.25) is 0 Å². The van der Waals surface area contributed by atoms with E-state index in [1.54, 1.807) is 19.2 Å². The predicted octanol–water partition coefficient (Wildman–Crippen LogP) is 1.75. The van der Waals surface area contributed by atoms with Crippen LogP contribution in [0.1, 0.15) is 34.9 Å². The monoisotopic (exact) mass is 207 g/mol. The van der Waals surface area contributed by atoms with E-state index < -0.39 is 5.97 Å². The molecule has 0 aliphatic heterocycles. The molecule has 0 unspecified atom stereocenters. The van der Waals surface area contributed by atoms with Crippen molar-refractivity contribution in [1.82, 2.24) is 4.98 Å². The summed E-state index contributed by atoms with van der Waals surface area (Å²) in [4.78, 5) is 15.6. The van der Waals surface area contributed by atoms with Crippen molar-refractivity contribution in [3.8, 4) is 5.75 Å². The molecule has 1 heterocycles. The predicted molar refractivity (Wildman–Crippen MR) is 54.1 cm³/mol. The van der Waals surface area contributed by atoms with Gasteiger partial charge in [0.1, 0.15) is 11.4 Å². The molecule has 2 rings (SSSR count). The normalized spacial score (nSPS) is 14.8. The molecule has 4 nitrogen and oxygen atoms in total. The first-order valence-electron chi connectivity index (χ1n) is 4.89. The van der Waals surface area contributed by atoms with Gasteiger partial charge in [-0.1, -0.05) is 0 Å². The summed E-state index contributed by atoms with van der Waals surface area (Å²) in [5.74, 6) is 0.800. The molecule has 0 radical (unpaired) electrons. The second-order valence-corrected chi connectivity index (χ2v) is 3.55. The van der Waals surface area contributed by atoms with Gasteiger partial charge in [-0.2, -0.15) is 0 Å². The molecule has 0 bridgehead atoms. The Balaban J connectivity index is 2.36. The number of esters is 1. The third-order valence-corrected chi connectivity index (χ3v) is 2.46.